The van der Waals surface area contributed by atoms with Crippen molar-refractivity contribution in [2.75, 3.05) is 5.32 Å². The summed E-state index contributed by atoms with van der Waals surface area (Å²) in [6.07, 6.45) is 4.75. The van der Waals surface area contributed by atoms with E-state index >= 15 is 0 Å². The molecule has 0 saturated heterocycles. The zero-order valence-corrected chi connectivity index (χ0v) is 12.9. The van der Waals surface area contributed by atoms with Crippen LogP contribution in [0.3, 0.4) is 0 Å². The molecule has 122 valence electrons. The fourth-order valence-corrected chi connectivity index (χ4v) is 2.06. The summed E-state index contributed by atoms with van der Waals surface area (Å²) in [7, 11) is 1.63. The molecule has 0 saturated carbocycles. The molecule has 0 fully saturated rings. The van der Waals surface area contributed by atoms with Crippen LogP contribution in [0.5, 0.6) is 0 Å². The second-order valence-corrected chi connectivity index (χ2v) is 5.01. The molecule has 0 unspecified atom stereocenters. The fraction of sp³-hybridized carbons (Fsp3) is 0.125. The van der Waals surface area contributed by atoms with Crippen LogP contribution in [0.25, 0.3) is 0 Å². The second-order valence-electron chi connectivity index (χ2n) is 5.01. The summed E-state index contributed by atoms with van der Waals surface area (Å²) in [5.41, 5.74) is 1.09. The molecule has 0 bridgehead atoms. The monoisotopic (exact) mass is 325 g/mol. The highest BCUT2D eigenvalue weighted by Crippen LogP contribution is 2.12. The van der Waals surface area contributed by atoms with E-state index in [1.807, 2.05) is 6.07 Å². The molecule has 2 N–H and O–H groups in total. The van der Waals surface area contributed by atoms with Crippen LogP contribution in [0.2, 0.25) is 0 Å². The lowest BCUT2D eigenvalue weighted by molar-refractivity contribution is 0.0944. The van der Waals surface area contributed by atoms with E-state index in [0.29, 0.717) is 12.4 Å². The van der Waals surface area contributed by atoms with Crippen molar-refractivity contribution >= 4 is 17.6 Å². The van der Waals surface area contributed by atoms with Crippen molar-refractivity contribution in [1.82, 2.24) is 20.1 Å². The minimum absolute atomic E-state index is 0.179. The maximum absolute atomic E-state index is 12.2. The molecule has 2 amide bonds. The van der Waals surface area contributed by atoms with Gasteiger partial charge in [0.2, 0.25) is 0 Å². The van der Waals surface area contributed by atoms with Crippen LogP contribution < -0.4 is 10.6 Å². The van der Waals surface area contributed by atoms with Gasteiger partial charge in [-0.05, 0) is 23.8 Å². The number of nitrogens with one attached hydrogen (secondary N) is 2. The average molecular weight is 325 g/mol. The molecule has 0 aliphatic carbocycles. The maximum atomic E-state index is 12.2. The van der Waals surface area contributed by atoms with Gasteiger partial charge in [-0.25, -0.2) is 0 Å². The smallest absolute Gasteiger partial charge is 0.292 e. The van der Waals surface area contributed by atoms with Crippen LogP contribution >= 0.6 is 0 Å². The van der Waals surface area contributed by atoms with Gasteiger partial charge in [-0.15, -0.1) is 0 Å². The predicted molar refractivity (Wildman–Crippen MR) is 85.3 cm³/mol. The quantitative estimate of drug-likeness (QED) is 0.741. The molecular weight excluding hydrogens is 310 g/mol. The number of amides is 2. The molecule has 0 radical (unpaired) electrons. The number of rotatable bonds is 5. The fourth-order valence-electron chi connectivity index (χ4n) is 2.06. The number of pyridine rings is 1. The number of carbonyl (C=O) groups excluding carboxylic acids is 2. The second kappa shape index (κ2) is 6.78. The first kappa shape index (κ1) is 15.5. The topological polar surface area (TPSA) is 102 Å². The Kier molecular flexibility index (Phi) is 4.37. The van der Waals surface area contributed by atoms with Crippen molar-refractivity contribution in [3.63, 3.8) is 0 Å². The number of aryl methyl sites for hydroxylation is 1. The highest BCUT2D eigenvalue weighted by molar-refractivity contribution is 6.02. The number of furan rings is 1. The molecule has 8 heteroatoms. The first-order chi connectivity index (χ1) is 11.6. The first-order valence-electron chi connectivity index (χ1n) is 7.19. The average Bonchev–Trinajstić information content (AvgIpc) is 3.24. The summed E-state index contributed by atoms with van der Waals surface area (Å²) in [6.45, 7) is 0.345. The third-order valence-corrected chi connectivity index (χ3v) is 3.27. The van der Waals surface area contributed by atoms with Crippen molar-refractivity contribution in [2.24, 2.45) is 7.05 Å². The van der Waals surface area contributed by atoms with Gasteiger partial charge in [0.05, 0.1) is 6.26 Å². The Morgan fingerprint density at radius 1 is 1.25 bits per heavy atom. The highest BCUT2D eigenvalue weighted by atomic mass is 16.3. The predicted octanol–water partition coefficient (Wildman–Crippen LogP) is 1.59. The number of anilines is 1. The van der Waals surface area contributed by atoms with Crippen LogP contribution in [0.15, 0.2) is 53.4 Å². The van der Waals surface area contributed by atoms with Crippen molar-refractivity contribution in [3.8, 4) is 0 Å². The Hall–Kier alpha value is -3.42. The van der Waals surface area contributed by atoms with Crippen molar-refractivity contribution in [2.45, 2.75) is 6.54 Å². The maximum Gasteiger partial charge on any atom is 0.292 e. The molecule has 0 aliphatic heterocycles. The molecule has 0 aliphatic rings. The lowest BCUT2D eigenvalue weighted by Crippen LogP contribution is -2.23. The lowest BCUT2D eigenvalue weighted by Gasteiger charge is -2.02. The summed E-state index contributed by atoms with van der Waals surface area (Å²) >= 11 is 0. The van der Waals surface area contributed by atoms with E-state index in [2.05, 4.69) is 20.7 Å². The van der Waals surface area contributed by atoms with Gasteiger partial charge >= 0.3 is 0 Å². The number of hydrogen-bond acceptors (Lipinski definition) is 5. The molecule has 0 aromatic carbocycles. The standard InChI is InChI=1S/C16H15N5O3/c1-21-14(19-16(23)13-5-3-7-24-13)8-12(20-21)15(22)18-10-11-4-2-6-17-9-11/h2-9H,10H2,1H3,(H,18,22)(H,19,23). The Bertz CT molecular complexity index is 840. The van der Waals surface area contributed by atoms with E-state index in [0.717, 1.165) is 5.56 Å². The van der Waals surface area contributed by atoms with E-state index < -0.39 is 5.91 Å². The van der Waals surface area contributed by atoms with Gasteiger partial charge in [0.25, 0.3) is 11.8 Å². The van der Waals surface area contributed by atoms with Gasteiger partial charge in [0.1, 0.15) is 5.82 Å². The normalized spacial score (nSPS) is 10.4. The van der Waals surface area contributed by atoms with Gasteiger partial charge < -0.3 is 15.1 Å². The Morgan fingerprint density at radius 3 is 2.83 bits per heavy atom. The Balaban J connectivity index is 1.64. The van der Waals surface area contributed by atoms with Crippen molar-refractivity contribution in [3.05, 3.63) is 66.0 Å². The van der Waals surface area contributed by atoms with Gasteiger partial charge in [0.15, 0.2) is 11.5 Å². The largest absolute Gasteiger partial charge is 0.459 e. The molecular formula is C16H15N5O3. The van der Waals surface area contributed by atoms with E-state index in [1.165, 1.54) is 17.0 Å². The summed E-state index contributed by atoms with van der Waals surface area (Å²) in [5, 5.41) is 9.49. The zero-order chi connectivity index (χ0) is 16.9. The summed E-state index contributed by atoms with van der Waals surface area (Å²) in [4.78, 5) is 28.1. The molecule has 3 aromatic rings. The number of aromatic nitrogens is 3. The molecule has 24 heavy (non-hydrogen) atoms. The summed E-state index contributed by atoms with van der Waals surface area (Å²) < 4.78 is 6.44. The highest BCUT2D eigenvalue weighted by Gasteiger charge is 2.16. The molecule has 0 spiro atoms. The van der Waals surface area contributed by atoms with E-state index in [4.69, 9.17) is 4.42 Å². The van der Waals surface area contributed by atoms with Crippen molar-refractivity contribution < 1.29 is 14.0 Å². The molecule has 3 heterocycles. The van der Waals surface area contributed by atoms with E-state index in [9.17, 15) is 9.59 Å². The zero-order valence-electron chi connectivity index (χ0n) is 12.9. The van der Waals surface area contributed by atoms with Gasteiger partial charge in [0, 0.05) is 32.1 Å². The summed E-state index contributed by atoms with van der Waals surface area (Å²) in [5.74, 6) is -0.181. The third kappa shape index (κ3) is 3.49. The Morgan fingerprint density at radius 2 is 2.12 bits per heavy atom. The van der Waals surface area contributed by atoms with E-state index in [-0.39, 0.29) is 17.4 Å². The van der Waals surface area contributed by atoms with Crippen LogP contribution in [0.4, 0.5) is 5.82 Å². The number of nitrogens with zero attached hydrogens (tertiary/aromatic N) is 3. The van der Waals surface area contributed by atoms with Gasteiger partial charge in [-0.2, -0.15) is 5.10 Å². The Labute approximate surface area is 137 Å². The number of carbonyl (C=O) groups is 2. The minimum Gasteiger partial charge on any atom is -0.459 e. The number of hydrogen-bond donors (Lipinski definition) is 2. The van der Waals surface area contributed by atoms with E-state index in [1.54, 1.807) is 37.6 Å². The molecule has 0 atom stereocenters. The first-order valence-corrected chi connectivity index (χ1v) is 7.19. The lowest BCUT2D eigenvalue weighted by atomic mass is 10.3. The van der Waals surface area contributed by atoms with Crippen LogP contribution in [-0.2, 0) is 13.6 Å². The van der Waals surface area contributed by atoms with Crippen LogP contribution in [-0.4, -0.2) is 26.6 Å². The van der Waals surface area contributed by atoms with Crippen LogP contribution in [0, 0.1) is 0 Å². The van der Waals surface area contributed by atoms with Gasteiger partial charge in [-0.1, -0.05) is 6.07 Å². The molecule has 3 aromatic heterocycles. The third-order valence-electron chi connectivity index (χ3n) is 3.27. The van der Waals surface area contributed by atoms with Crippen molar-refractivity contribution in [1.29, 1.82) is 0 Å². The van der Waals surface area contributed by atoms with Gasteiger partial charge in [-0.3, -0.25) is 19.3 Å². The van der Waals surface area contributed by atoms with Crippen LogP contribution in [0.1, 0.15) is 26.6 Å². The molecule has 8 nitrogen and oxygen atoms in total. The SMILES string of the molecule is Cn1nc(C(=O)NCc2cccnc2)cc1NC(=O)c1ccco1. The minimum atomic E-state index is -0.412. The molecule has 3 rings (SSSR count). The summed E-state index contributed by atoms with van der Waals surface area (Å²) in [6, 6.07) is 8.33.